The van der Waals surface area contributed by atoms with E-state index >= 15 is 0 Å². The second-order valence-corrected chi connectivity index (χ2v) is 7.37. The number of benzene rings is 3. The van der Waals surface area contributed by atoms with E-state index in [0.29, 0.717) is 23.8 Å². The van der Waals surface area contributed by atoms with Crippen LogP contribution in [0.25, 0.3) is 0 Å². The van der Waals surface area contributed by atoms with Crippen molar-refractivity contribution in [1.29, 1.82) is 5.26 Å². The number of halogens is 2. The Hall–Kier alpha value is -3.26. The molecule has 0 aliphatic carbocycles. The smallest absolute Gasteiger partial charge is 0.267 e. The Labute approximate surface area is 186 Å². The molecule has 0 spiro atoms. The molecule has 0 saturated carbocycles. The van der Waals surface area contributed by atoms with Gasteiger partial charge in [-0.1, -0.05) is 89.9 Å². The van der Waals surface area contributed by atoms with Crippen LogP contribution in [0.2, 0.25) is 10.0 Å². The van der Waals surface area contributed by atoms with Gasteiger partial charge in [-0.3, -0.25) is 4.79 Å². The largest absolute Gasteiger partial charge is 0.367 e. The highest BCUT2D eigenvalue weighted by Gasteiger charge is 2.15. The lowest BCUT2D eigenvalue weighted by Crippen LogP contribution is -2.21. The summed E-state index contributed by atoms with van der Waals surface area (Å²) in [7, 11) is 0. The van der Waals surface area contributed by atoms with Crippen LogP contribution < -0.4 is 5.32 Å². The van der Waals surface area contributed by atoms with Gasteiger partial charge in [-0.2, -0.15) is 5.26 Å². The van der Waals surface area contributed by atoms with Gasteiger partial charge in [0.2, 0.25) is 0 Å². The number of carbonyl (C=O) groups excluding carboxylic acids is 1. The van der Waals surface area contributed by atoms with Gasteiger partial charge in [-0.05, 0) is 23.3 Å². The molecule has 0 unspecified atom stereocenters. The quantitative estimate of drug-likeness (QED) is 0.363. The molecular weight excluding hydrogens is 417 g/mol. The zero-order valence-corrected chi connectivity index (χ0v) is 17.6. The van der Waals surface area contributed by atoms with Crippen molar-refractivity contribution in [2.45, 2.75) is 13.1 Å². The van der Waals surface area contributed by atoms with E-state index in [1.165, 1.54) is 0 Å². The lowest BCUT2D eigenvalue weighted by Gasteiger charge is -2.21. The summed E-state index contributed by atoms with van der Waals surface area (Å²) in [4.78, 5) is 14.7. The number of nitrogens with one attached hydrogen (secondary N) is 1. The molecule has 3 aromatic rings. The Morgan fingerprint density at radius 3 is 2.00 bits per heavy atom. The Morgan fingerprint density at radius 2 is 1.47 bits per heavy atom. The van der Waals surface area contributed by atoms with Gasteiger partial charge >= 0.3 is 0 Å². The fourth-order valence-electron chi connectivity index (χ4n) is 2.89. The maximum Gasteiger partial charge on any atom is 0.267 e. The summed E-state index contributed by atoms with van der Waals surface area (Å²) >= 11 is 12.2. The van der Waals surface area contributed by atoms with E-state index in [-0.39, 0.29) is 10.6 Å². The topological polar surface area (TPSA) is 56.1 Å². The standard InChI is InChI=1S/C24H19Cl2N3O/c25-21-12-7-13-22(23(21)26)28-24(30)20(14-27)17-29(15-18-8-3-1-4-9-18)16-19-10-5-2-6-11-19/h1-13,17H,15-16H2,(H,28,30)/b20-17-. The van der Waals surface area contributed by atoms with Crippen molar-refractivity contribution in [2.24, 2.45) is 0 Å². The molecule has 3 aromatic carbocycles. The van der Waals surface area contributed by atoms with E-state index in [2.05, 4.69) is 5.32 Å². The van der Waals surface area contributed by atoms with Crippen molar-refractivity contribution in [2.75, 3.05) is 5.32 Å². The number of rotatable bonds is 7. The third kappa shape index (κ3) is 5.87. The second kappa shape index (κ2) is 10.5. The van der Waals surface area contributed by atoms with Crippen LogP contribution in [-0.4, -0.2) is 10.8 Å². The van der Waals surface area contributed by atoms with Crippen LogP contribution in [0, 0.1) is 11.3 Å². The molecule has 4 nitrogen and oxygen atoms in total. The van der Waals surface area contributed by atoms with Crippen molar-refractivity contribution < 1.29 is 4.79 Å². The summed E-state index contributed by atoms with van der Waals surface area (Å²) in [6.07, 6.45) is 1.58. The van der Waals surface area contributed by atoms with Gasteiger partial charge in [0.05, 0.1) is 15.7 Å². The Balaban J connectivity index is 1.85. The molecule has 0 radical (unpaired) electrons. The first-order valence-corrected chi connectivity index (χ1v) is 10.0. The molecule has 0 heterocycles. The normalized spacial score (nSPS) is 10.9. The average molecular weight is 436 g/mol. The highest BCUT2D eigenvalue weighted by Crippen LogP contribution is 2.29. The predicted molar refractivity (Wildman–Crippen MR) is 121 cm³/mol. The molecule has 0 aliphatic heterocycles. The summed E-state index contributed by atoms with van der Waals surface area (Å²) < 4.78 is 0. The lowest BCUT2D eigenvalue weighted by molar-refractivity contribution is -0.112. The summed E-state index contributed by atoms with van der Waals surface area (Å²) in [5, 5.41) is 12.8. The van der Waals surface area contributed by atoms with Gasteiger partial charge in [0.1, 0.15) is 11.6 Å². The molecule has 3 rings (SSSR count). The van der Waals surface area contributed by atoms with Gasteiger partial charge in [0, 0.05) is 19.3 Å². The number of amides is 1. The molecule has 30 heavy (non-hydrogen) atoms. The summed E-state index contributed by atoms with van der Waals surface area (Å²) in [6.45, 7) is 1.10. The van der Waals surface area contributed by atoms with Crippen LogP contribution in [-0.2, 0) is 17.9 Å². The number of nitriles is 1. The van der Waals surface area contributed by atoms with Crippen LogP contribution in [0.15, 0.2) is 90.6 Å². The summed E-state index contributed by atoms with van der Waals surface area (Å²) in [5.41, 5.74) is 2.46. The predicted octanol–water partition coefficient (Wildman–Crippen LogP) is 6.04. The Kier molecular flexibility index (Phi) is 7.51. The van der Waals surface area contributed by atoms with Crippen molar-refractivity contribution in [1.82, 2.24) is 4.90 Å². The van der Waals surface area contributed by atoms with E-state index in [0.717, 1.165) is 11.1 Å². The van der Waals surface area contributed by atoms with Crippen molar-refractivity contribution in [3.63, 3.8) is 0 Å². The van der Waals surface area contributed by atoms with E-state index in [1.807, 2.05) is 71.6 Å². The third-order valence-electron chi connectivity index (χ3n) is 4.33. The molecule has 0 aliphatic rings. The van der Waals surface area contributed by atoms with Crippen LogP contribution in [0.4, 0.5) is 5.69 Å². The highest BCUT2D eigenvalue weighted by atomic mass is 35.5. The monoisotopic (exact) mass is 435 g/mol. The van der Waals surface area contributed by atoms with Gasteiger partial charge in [-0.25, -0.2) is 0 Å². The minimum absolute atomic E-state index is 0.0297. The molecule has 0 bridgehead atoms. The van der Waals surface area contributed by atoms with Crippen molar-refractivity contribution >= 4 is 34.8 Å². The molecule has 6 heteroatoms. The zero-order chi connectivity index (χ0) is 21.3. The van der Waals surface area contributed by atoms with Gasteiger partial charge < -0.3 is 10.2 Å². The Bertz CT molecular complexity index is 1040. The van der Waals surface area contributed by atoms with Crippen LogP contribution >= 0.6 is 23.2 Å². The Morgan fingerprint density at radius 1 is 0.900 bits per heavy atom. The van der Waals surface area contributed by atoms with E-state index in [4.69, 9.17) is 23.2 Å². The minimum Gasteiger partial charge on any atom is -0.367 e. The lowest BCUT2D eigenvalue weighted by atomic mass is 10.1. The highest BCUT2D eigenvalue weighted by molar-refractivity contribution is 6.44. The van der Waals surface area contributed by atoms with E-state index in [1.54, 1.807) is 24.4 Å². The molecule has 1 amide bonds. The van der Waals surface area contributed by atoms with Crippen LogP contribution in [0.5, 0.6) is 0 Å². The fraction of sp³-hybridized carbons (Fsp3) is 0.0833. The fourth-order valence-corrected chi connectivity index (χ4v) is 3.24. The van der Waals surface area contributed by atoms with Crippen LogP contribution in [0.3, 0.4) is 0 Å². The number of carbonyl (C=O) groups is 1. The molecule has 0 aromatic heterocycles. The van der Waals surface area contributed by atoms with Crippen molar-refractivity contribution in [3.8, 4) is 6.07 Å². The van der Waals surface area contributed by atoms with Crippen molar-refractivity contribution in [3.05, 3.63) is 112 Å². The minimum atomic E-state index is -0.548. The molecule has 0 atom stereocenters. The second-order valence-electron chi connectivity index (χ2n) is 6.59. The van der Waals surface area contributed by atoms with E-state index < -0.39 is 5.91 Å². The third-order valence-corrected chi connectivity index (χ3v) is 5.15. The average Bonchev–Trinajstić information content (AvgIpc) is 2.76. The number of hydrogen-bond acceptors (Lipinski definition) is 3. The van der Waals surface area contributed by atoms with Gasteiger partial charge in [0.25, 0.3) is 5.91 Å². The molecule has 150 valence electrons. The number of anilines is 1. The zero-order valence-electron chi connectivity index (χ0n) is 16.1. The SMILES string of the molecule is N#C/C(=C/N(Cc1ccccc1)Cc1ccccc1)C(=O)Nc1cccc(Cl)c1Cl. The first-order valence-electron chi connectivity index (χ1n) is 9.26. The first-order chi connectivity index (χ1) is 14.6. The molecular formula is C24H19Cl2N3O. The maximum atomic E-state index is 12.7. The first kappa shape index (κ1) is 21.4. The number of nitrogens with zero attached hydrogens (tertiary/aromatic N) is 2. The molecule has 0 saturated heterocycles. The van der Waals surface area contributed by atoms with Gasteiger partial charge in [-0.15, -0.1) is 0 Å². The van der Waals surface area contributed by atoms with Crippen LogP contribution in [0.1, 0.15) is 11.1 Å². The van der Waals surface area contributed by atoms with E-state index in [9.17, 15) is 10.1 Å². The summed E-state index contributed by atoms with van der Waals surface area (Å²) in [5.74, 6) is -0.548. The molecule has 1 N–H and O–H groups in total. The number of hydrogen-bond donors (Lipinski definition) is 1. The molecule has 0 fully saturated rings. The maximum absolute atomic E-state index is 12.7. The van der Waals surface area contributed by atoms with Gasteiger partial charge in [0.15, 0.2) is 0 Å². The summed E-state index contributed by atoms with van der Waals surface area (Å²) in [6, 6.07) is 26.7.